The maximum Gasteiger partial charge on any atom is 0.242 e. The van der Waals surface area contributed by atoms with Crippen molar-refractivity contribution in [1.82, 2.24) is 0 Å². The van der Waals surface area contributed by atoms with E-state index in [1.54, 1.807) is 0 Å². The summed E-state index contributed by atoms with van der Waals surface area (Å²) < 4.78 is 0. The lowest BCUT2D eigenvalue weighted by Crippen LogP contribution is -2.34. The molecule has 0 atom stereocenters. The Labute approximate surface area is 138 Å². The molecule has 0 N–H and O–H groups in total. The van der Waals surface area contributed by atoms with E-state index >= 15 is 0 Å². The molecule has 22 heavy (non-hydrogen) atoms. The summed E-state index contributed by atoms with van der Waals surface area (Å²) in [5.74, 6) is -0.351. The van der Waals surface area contributed by atoms with Gasteiger partial charge in [0.25, 0.3) is 0 Å². The van der Waals surface area contributed by atoms with Crippen LogP contribution in [0, 0.1) is 13.8 Å². The van der Waals surface area contributed by atoms with E-state index in [9.17, 15) is 9.59 Å². The summed E-state index contributed by atoms with van der Waals surface area (Å²) in [5.41, 5.74) is 4.16. The van der Waals surface area contributed by atoms with Gasteiger partial charge in [0.15, 0.2) is 0 Å². The zero-order chi connectivity index (χ0) is 16.5. The second-order valence-electron chi connectivity index (χ2n) is 5.63. The van der Waals surface area contributed by atoms with E-state index in [2.05, 4.69) is 13.0 Å². The normalized spacial score (nSPS) is 10.5. The average Bonchev–Trinajstić information content (AvgIpc) is 2.51. The van der Waals surface area contributed by atoms with Crippen LogP contribution in [-0.2, 0) is 16.0 Å². The van der Waals surface area contributed by atoms with Gasteiger partial charge in [-0.15, -0.1) is 11.6 Å². The predicted molar refractivity (Wildman–Crippen MR) is 92.9 cm³/mol. The third-order valence-electron chi connectivity index (χ3n) is 3.99. The topological polar surface area (TPSA) is 37.4 Å². The van der Waals surface area contributed by atoms with Crippen molar-refractivity contribution in [2.24, 2.45) is 0 Å². The SMILES string of the molecule is CCCCCCc1ccc(C)c(N(CC=O)C(=O)CCl)c1C. The molecule has 0 saturated carbocycles. The zero-order valence-electron chi connectivity index (χ0n) is 13.8. The summed E-state index contributed by atoms with van der Waals surface area (Å²) in [6, 6.07) is 4.15. The number of carbonyl (C=O) groups excluding carboxylic acids is 2. The smallest absolute Gasteiger partial charge is 0.242 e. The average molecular weight is 324 g/mol. The van der Waals surface area contributed by atoms with Crippen LogP contribution in [0.25, 0.3) is 0 Å². The lowest BCUT2D eigenvalue weighted by Gasteiger charge is -2.25. The molecule has 1 amide bonds. The highest BCUT2D eigenvalue weighted by atomic mass is 35.5. The molecule has 0 saturated heterocycles. The van der Waals surface area contributed by atoms with Crippen LogP contribution >= 0.6 is 11.6 Å². The predicted octanol–water partition coefficient (Wildman–Crippen LogP) is 4.20. The lowest BCUT2D eigenvalue weighted by molar-refractivity contribution is -0.117. The first-order valence-corrected chi connectivity index (χ1v) is 8.49. The quantitative estimate of drug-likeness (QED) is 0.388. The molecule has 0 aromatic heterocycles. The summed E-state index contributed by atoms with van der Waals surface area (Å²) in [6.07, 6.45) is 6.59. The Kier molecular flexibility index (Phi) is 8.18. The molecule has 0 unspecified atom stereocenters. The summed E-state index contributed by atoms with van der Waals surface area (Å²) in [5, 5.41) is 0. The van der Waals surface area contributed by atoms with Gasteiger partial charge >= 0.3 is 0 Å². The largest absolute Gasteiger partial charge is 0.304 e. The lowest BCUT2D eigenvalue weighted by atomic mass is 9.97. The van der Waals surface area contributed by atoms with Crippen LogP contribution in [0.5, 0.6) is 0 Å². The first-order valence-electron chi connectivity index (χ1n) is 7.95. The third-order valence-corrected chi connectivity index (χ3v) is 4.22. The summed E-state index contributed by atoms with van der Waals surface area (Å²) in [4.78, 5) is 24.5. The first-order chi connectivity index (χ1) is 10.6. The molecule has 0 radical (unpaired) electrons. The van der Waals surface area contributed by atoms with Crippen LogP contribution in [0.4, 0.5) is 5.69 Å². The maximum atomic E-state index is 12.1. The number of halogens is 1. The molecule has 0 fully saturated rings. The molecule has 1 aromatic rings. The standard InChI is InChI=1S/C18H26ClNO2/c1-4-5-6-7-8-16-10-9-14(2)18(15(16)3)20(11-12-21)17(22)13-19/h9-10,12H,4-8,11,13H2,1-3H3. The number of rotatable bonds is 9. The number of carbonyl (C=O) groups is 2. The summed E-state index contributed by atoms with van der Waals surface area (Å²) in [7, 11) is 0. The molecule has 0 aliphatic heterocycles. The minimum atomic E-state index is -0.233. The second-order valence-corrected chi connectivity index (χ2v) is 5.90. The van der Waals surface area contributed by atoms with Crippen molar-refractivity contribution in [3.8, 4) is 0 Å². The van der Waals surface area contributed by atoms with Gasteiger partial charge in [0, 0.05) is 0 Å². The highest BCUT2D eigenvalue weighted by Gasteiger charge is 2.19. The molecule has 3 nitrogen and oxygen atoms in total. The van der Waals surface area contributed by atoms with Gasteiger partial charge in [-0.3, -0.25) is 4.79 Å². The highest BCUT2D eigenvalue weighted by molar-refractivity contribution is 6.29. The molecule has 0 heterocycles. The number of hydrogen-bond acceptors (Lipinski definition) is 2. The molecule has 0 spiro atoms. The number of amides is 1. The second kappa shape index (κ2) is 9.62. The van der Waals surface area contributed by atoms with E-state index in [1.807, 2.05) is 19.9 Å². The molecule has 0 bridgehead atoms. The third kappa shape index (κ3) is 4.84. The fraction of sp³-hybridized carbons (Fsp3) is 0.556. The Hall–Kier alpha value is -1.35. The fourth-order valence-corrected chi connectivity index (χ4v) is 2.91. The van der Waals surface area contributed by atoms with Crippen molar-refractivity contribution in [1.29, 1.82) is 0 Å². The first kappa shape index (κ1) is 18.7. The van der Waals surface area contributed by atoms with Gasteiger partial charge in [0.05, 0.1) is 12.2 Å². The van der Waals surface area contributed by atoms with E-state index in [4.69, 9.17) is 11.6 Å². The van der Waals surface area contributed by atoms with E-state index in [0.29, 0.717) is 0 Å². The van der Waals surface area contributed by atoms with Gasteiger partial charge in [0.1, 0.15) is 12.2 Å². The molecule has 1 aromatic carbocycles. The molecule has 0 aliphatic carbocycles. The van der Waals surface area contributed by atoms with Crippen LogP contribution in [0.15, 0.2) is 12.1 Å². The van der Waals surface area contributed by atoms with Crippen molar-refractivity contribution in [2.45, 2.75) is 52.9 Å². The highest BCUT2D eigenvalue weighted by Crippen LogP contribution is 2.29. The number of anilines is 1. The molecular formula is C18H26ClNO2. The van der Waals surface area contributed by atoms with Crippen LogP contribution in [-0.4, -0.2) is 24.6 Å². The minimum absolute atomic E-state index is 0.0481. The van der Waals surface area contributed by atoms with E-state index in [1.165, 1.54) is 29.7 Å². The van der Waals surface area contributed by atoms with E-state index < -0.39 is 0 Å². The van der Waals surface area contributed by atoms with Gasteiger partial charge in [0.2, 0.25) is 5.91 Å². The number of aryl methyl sites for hydroxylation is 2. The van der Waals surface area contributed by atoms with Crippen molar-refractivity contribution in [2.75, 3.05) is 17.3 Å². The number of nitrogens with zero attached hydrogens (tertiary/aromatic N) is 1. The molecule has 0 aliphatic rings. The molecule has 1 rings (SSSR count). The number of benzene rings is 1. The van der Waals surface area contributed by atoms with Gasteiger partial charge in [-0.2, -0.15) is 0 Å². The van der Waals surface area contributed by atoms with Crippen molar-refractivity contribution in [3.05, 3.63) is 28.8 Å². The van der Waals surface area contributed by atoms with Crippen LogP contribution < -0.4 is 4.90 Å². The van der Waals surface area contributed by atoms with Crippen molar-refractivity contribution >= 4 is 29.5 Å². The Bertz CT molecular complexity index is 514. The summed E-state index contributed by atoms with van der Waals surface area (Å²) >= 11 is 5.69. The Morgan fingerprint density at radius 1 is 1.23 bits per heavy atom. The molecule has 122 valence electrons. The molecular weight excluding hydrogens is 298 g/mol. The molecule has 4 heteroatoms. The van der Waals surface area contributed by atoms with Crippen LogP contribution in [0.2, 0.25) is 0 Å². The Balaban J connectivity index is 3.06. The number of hydrogen-bond donors (Lipinski definition) is 0. The van der Waals surface area contributed by atoms with Crippen molar-refractivity contribution < 1.29 is 9.59 Å². The van der Waals surface area contributed by atoms with Crippen LogP contribution in [0.1, 0.15) is 49.3 Å². The maximum absolute atomic E-state index is 12.1. The zero-order valence-corrected chi connectivity index (χ0v) is 14.6. The Morgan fingerprint density at radius 2 is 1.95 bits per heavy atom. The Morgan fingerprint density at radius 3 is 2.55 bits per heavy atom. The van der Waals surface area contributed by atoms with E-state index in [0.717, 1.165) is 35.9 Å². The van der Waals surface area contributed by atoms with Gasteiger partial charge in [-0.1, -0.05) is 38.3 Å². The summed E-state index contributed by atoms with van der Waals surface area (Å²) in [6.45, 7) is 6.23. The fourth-order valence-electron chi connectivity index (χ4n) is 2.77. The van der Waals surface area contributed by atoms with E-state index in [-0.39, 0.29) is 18.3 Å². The minimum Gasteiger partial charge on any atom is -0.304 e. The monoisotopic (exact) mass is 323 g/mol. The number of alkyl halides is 1. The van der Waals surface area contributed by atoms with Crippen LogP contribution in [0.3, 0.4) is 0 Å². The van der Waals surface area contributed by atoms with Crippen molar-refractivity contribution in [3.63, 3.8) is 0 Å². The number of unbranched alkanes of at least 4 members (excludes halogenated alkanes) is 3. The van der Waals surface area contributed by atoms with Gasteiger partial charge in [-0.25, -0.2) is 0 Å². The van der Waals surface area contributed by atoms with Gasteiger partial charge < -0.3 is 9.69 Å². The number of aldehydes is 1. The van der Waals surface area contributed by atoms with Gasteiger partial charge in [-0.05, 0) is 43.4 Å².